The van der Waals surface area contributed by atoms with E-state index in [1.54, 1.807) is 6.07 Å². The molecule has 0 aliphatic carbocycles. The van der Waals surface area contributed by atoms with Crippen LogP contribution in [0.2, 0.25) is 0 Å². The standard InChI is InChI=1S/C17H17BrFNO/c1-11-4-3-5-13(8-11)6-7-17(21)20-16-10-15(19)14(18)9-12(16)2/h3-5,8-10H,6-7H2,1-2H3,(H,20,21). The number of hydrogen-bond acceptors (Lipinski definition) is 1. The number of hydrogen-bond donors (Lipinski definition) is 1. The lowest BCUT2D eigenvalue weighted by Gasteiger charge is -2.10. The number of benzene rings is 2. The Bertz CT molecular complexity index is 670. The number of anilines is 1. The predicted molar refractivity (Wildman–Crippen MR) is 87.0 cm³/mol. The first-order chi connectivity index (χ1) is 9.95. The topological polar surface area (TPSA) is 29.1 Å². The van der Waals surface area contributed by atoms with Crippen molar-refractivity contribution in [3.8, 4) is 0 Å². The molecule has 21 heavy (non-hydrogen) atoms. The molecule has 0 saturated carbocycles. The smallest absolute Gasteiger partial charge is 0.224 e. The highest BCUT2D eigenvalue weighted by molar-refractivity contribution is 9.10. The molecule has 110 valence electrons. The van der Waals surface area contributed by atoms with E-state index in [1.807, 2.05) is 32.0 Å². The molecule has 0 aromatic heterocycles. The molecule has 2 nitrogen and oxygen atoms in total. The minimum atomic E-state index is -0.380. The van der Waals surface area contributed by atoms with Gasteiger partial charge in [-0.15, -0.1) is 0 Å². The summed E-state index contributed by atoms with van der Waals surface area (Å²) in [7, 11) is 0. The van der Waals surface area contributed by atoms with Gasteiger partial charge in [0.15, 0.2) is 0 Å². The van der Waals surface area contributed by atoms with Crippen molar-refractivity contribution >= 4 is 27.5 Å². The van der Waals surface area contributed by atoms with Crippen LogP contribution >= 0.6 is 15.9 Å². The van der Waals surface area contributed by atoms with Crippen LogP contribution in [0.5, 0.6) is 0 Å². The van der Waals surface area contributed by atoms with Crippen LogP contribution in [0.25, 0.3) is 0 Å². The molecule has 2 rings (SSSR count). The molecule has 0 saturated heterocycles. The van der Waals surface area contributed by atoms with Crippen LogP contribution in [0.15, 0.2) is 40.9 Å². The average Bonchev–Trinajstić information content (AvgIpc) is 2.43. The Morgan fingerprint density at radius 1 is 1.24 bits per heavy atom. The van der Waals surface area contributed by atoms with Crippen LogP contribution in [-0.2, 0) is 11.2 Å². The molecule has 0 atom stereocenters. The monoisotopic (exact) mass is 349 g/mol. The van der Waals surface area contributed by atoms with E-state index in [2.05, 4.69) is 27.3 Å². The fourth-order valence-electron chi connectivity index (χ4n) is 2.12. The van der Waals surface area contributed by atoms with Crippen molar-refractivity contribution in [2.45, 2.75) is 26.7 Å². The van der Waals surface area contributed by atoms with Crippen LogP contribution in [0.1, 0.15) is 23.1 Å². The van der Waals surface area contributed by atoms with Crippen LogP contribution < -0.4 is 5.32 Å². The van der Waals surface area contributed by atoms with Gasteiger partial charge in [0.1, 0.15) is 5.82 Å². The number of carbonyl (C=O) groups is 1. The molecule has 0 heterocycles. The SMILES string of the molecule is Cc1cccc(CCC(=O)Nc2cc(F)c(Br)cc2C)c1. The van der Waals surface area contributed by atoms with Gasteiger partial charge < -0.3 is 5.32 Å². The fourth-order valence-corrected chi connectivity index (χ4v) is 2.58. The number of halogens is 2. The van der Waals surface area contributed by atoms with Gasteiger partial charge in [-0.2, -0.15) is 0 Å². The highest BCUT2D eigenvalue weighted by Gasteiger charge is 2.09. The van der Waals surface area contributed by atoms with E-state index in [4.69, 9.17) is 0 Å². The lowest BCUT2D eigenvalue weighted by molar-refractivity contribution is -0.116. The lowest BCUT2D eigenvalue weighted by Crippen LogP contribution is -2.13. The summed E-state index contributed by atoms with van der Waals surface area (Å²) in [6.07, 6.45) is 1.05. The van der Waals surface area contributed by atoms with Gasteiger partial charge in [-0.05, 0) is 59.5 Å². The number of aryl methyl sites for hydroxylation is 3. The number of nitrogens with one attached hydrogen (secondary N) is 1. The first kappa shape index (κ1) is 15.7. The molecule has 2 aromatic carbocycles. The summed E-state index contributed by atoms with van der Waals surface area (Å²) in [4.78, 5) is 12.0. The van der Waals surface area contributed by atoms with Gasteiger partial charge in [0.2, 0.25) is 5.91 Å². The number of amides is 1. The maximum Gasteiger partial charge on any atom is 0.224 e. The number of rotatable bonds is 4. The Hall–Kier alpha value is -1.68. The summed E-state index contributed by atoms with van der Waals surface area (Å²) in [6, 6.07) is 11.1. The van der Waals surface area contributed by atoms with Crippen LogP contribution in [0.4, 0.5) is 10.1 Å². The van der Waals surface area contributed by atoms with Gasteiger partial charge in [-0.1, -0.05) is 29.8 Å². The molecule has 0 aliphatic rings. The summed E-state index contributed by atoms with van der Waals surface area (Å²) in [5.74, 6) is -0.490. The first-order valence-corrected chi connectivity index (χ1v) is 7.56. The summed E-state index contributed by atoms with van der Waals surface area (Å²) in [5.41, 5.74) is 3.65. The van der Waals surface area contributed by atoms with Crippen LogP contribution in [0, 0.1) is 19.7 Å². The highest BCUT2D eigenvalue weighted by Crippen LogP contribution is 2.24. The minimum Gasteiger partial charge on any atom is -0.326 e. The van der Waals surface area contributed by atoms with Crippen molar-refractivity contribution < 1.29 is 9.18 Å². The molecule has 2 aromatic rings. The third-order valence-electron chi connectivity index (χ3n) is 3.26. The van der Waals surface area contributed by atoms with E-state index < -0.39 is 0 Å². The van der Waals surface area contributed by atoms with Crippen molar-refractivity contribution in [3.05, 3.63) is 63.4 Å². The van der Waals surface area contributed by atoms with Gasteiger partial charge in [-0.25, -0.2) is 4.39 Å². The summed E-state index contributed by atoms with van der Waals surface area (Å²) >= 11 is 3.13. The van der Waals surface area contributed by atoms with Crippen molar-refractivity contribution in [2.75, 3.05) is 5.32 Å². The zero-order chi connectivity index (χ0) is 15.4. The Morgan fingerprint density at radius 2 is 2.00 bits per heavy atom. The Kier molecular flexibility index (Phi) is 5.12. The lowest BCUT2D eigenvalue weighted by atomic mass is 10.1. The second kappa shape index (κ2) is 6.85. The largest absolute Gasteiger partial charge is 0.326 e. The number of carbonyl (C=O) groups excluding carboxylic acids is 1. The van der Waals surface area contributed by atoms with E-state index in [-0.39, 0.29) is 11.7 Å². The van der Waals surface area contributed by atoms with Gasteiger partial charge in [0.05, 0.1) is 4.47 Å². The Morgan fingerprint density at radius 3 is 2.71 bits per heavy atom. The van der Waals surface area contributed by atoms with E-state index in [0.717, 1.165) is 11.1 Å². The molecular weight excluding hydrogens is 333 g/mol. The molecule has 1 N–H and O–H groups in total. The maximum absolute atomic E-state index is 13.5. The zero-order valence-corrected chi connectivity index (χ0v) is 13.6. The molecule has 0 unspecified atom stereocenters. The zero-order valence-electron chi connectivity index (χ0n) is 12.0. The predicted octanol–water partition coefficient (Wildman–Crippen LogP) is 4.78. The normalized spacial score (nSPS) is 10.5. The molecule has 1 amide bonds. The third kappa shape index (κ3) is 4.39. The second-order valence-corrected chi connectivity index (χ2v) is 5.97. The molecule has 0 radical (unpaired) electrons. The van der Waals surface area contributed by atoms with Gasteiger partial charge in [-0.3, -0.25) is 4.79 Å². The Labute approximate surface area is 132 Å². The van der Waals surface area contributed by atoms with Gasteiger partial charge >= 0.3 is 0 Å². The van der Waals surface area contributed by atoms with Gasteiger partial charge in [0.25, 0.3) is 0 Å². The van der Waals surface area contributed by atoms with Crippen molar-refractivity contribution in [3.63, 3.8) is 0 Å². The summed E-state index contributed by atoms with van der Waals surface area (Å²) < 4.78 is 13.9. The second-order valence-electron chi connectivity index (χ2n) is 5.12. The molecule has 0 spiro atoms. The van der Waals surface area contributed by atoms with E-state index in [9.17, 15) is 9.18 Å². The minimum absolute atomic E-state index is 0.110. The third-order valence-corrected chi connectivity index (χ3v) is 3.87. The quantitative estimate of drug-likeness (QED) is 0.845. The van der Waals surface area contributed by atoms with Crippen LogP contribution in [-0.4, -0.2) is 5.91 Å². The highest BCUT2D eigenvalue weighted by atomic mass is 79.9. The van der Waals surface area contributed by atoms with E-state index >= 15 is 0 Å². The molecule has 0 fully saturated rings. The van der Waals surface area contributed by atoms with Crippen molar-refractivity contribution in [1.82, 2.24) is 0 Å². The van der Waals surface area contributed by atoms with E-state index in [0.29, 0.717) is 23.0 Å². The maximum atomic E-state index is 13.5. The molecule has 4 heteroatoms. The van der Waals surface area contributed by atoms with Gasteiger partial charge in [0, 0.05) is 12.1 Å². The fraction of sp³-hybridized carbons (Fsp3) is 0.235. The first-order valence-electron chi connectivity index (χ1n) is 6.77. The Balaban J connectivity index is 1.97. The van der Waals surface area contributed by atoms with Crippen molar-refractivity contribution in [1.29, 1.82) is 0 Å². The summed E-state index contributed by atoms with van der Waals surface area (Å²) in [6.45, 7) is 3.86. The van der Waals surface area contributed by atoms with E-state index in [1.165, 1.54) is 11.6 Å². The van der Waals surface area contributed by atoms with Crippen molar-refractivity contribution in [2.24, 2.45) is 0 Å². The molecular formula is C17H17BrFNO. The summed E-state index contributed by atoms with van der Waals surface area (Å²) in [5, 5.41) is 2.76. The van der Waals surface area contributed by atoms with Crippen LogP contribution in [0.3, 0.4) is 0 Å². The average molecular weight is 350 g/mol. The molecule has 0 bridgehead atoms. The molecule has 0 aliphatic heterocycles.